The van der Waals surface area contributed by atoms with Gasteiger partial charge in [0, 0.05) is 10.8 Å². The minimum Gasteiger partial charge on any atom is -0.293 e. The summed E-state index contributed by atoms with van der Waals surface area (Å²) in [6.45, 7) is 8.90. The highest BCUT2D eigenvalue weighted by Gasteiger charge is 2.18. The lowest BCUT2D eigenvalue weighted by atomic mass is 9.97. The number of hydrogen-bond acceptors (Lipinski definition) is 2. The SMILES string of the molecule is CCCCCCCCCCCCCc1sc(C(=O)C(C)CCCCCCCCCC)cc1C. The second kappa shape index (κ2) is 20.7. The Morgan fingerprint density at radius 2 is 1.12 bits per heavy atom. The lowest BCUT2D eigenvalue weighted by Gasteiger charge is -2.09. The fourth-order valence-corrected chi connectivity index (χ4v) is 6.07. The molecule has 2 heteroatoms. The molecule has 0 aliphatic heterocycles. The van der Waals surface area contributed by atoms with Crippen molar-refractivity contribution in [1.29, 1.82) is 0 Å². The van der Waals surface area contributed by atoms with E-state index >= 15 is 0 Å². The molecule has 192 valence electrons. The second-order valence-electron chi connectivity index (χ2n) is 10.5. The van der Waals surface area contributed by atoms with E-state index in [1.54, 1.807) is 11.3 Å². The van der Waals surface area contributed by atoms with Crippen LogP contribution < -0.4 is 0 Å². The standard InChI is InChI=1S/C31H56OS/c1-5-7-9-11-13-15-16-17-19-21-23-25-29-28(4)26-30(33-29)31(32)27(3)24-22-20-18-14-12-10-8-6-2/h26-27H,5-25H2,1-4H3. The van der Waals surface area contributed by atoms with Gasteiger partial charge in [0.1, 0.15) is 0 Å². The molecule has 0 saturated carbocycles. The highest BCUT2D eigenvalue weighted by Crippen LogP contribution is 2.28. The van der Waals surface area contributed by atoms with Gasteiger partial charge >= 0.3 is 0 Å². The molecular formula is C31H56OS. The number of rotatable bonds is 23. The van der Waals surface area contributed by atoms with Gasteiger partial charge < -0.3 is 0 Å². The molecule has 1 atom stereocenters. The van der Waals surface area contributed by atoms with Crippen LogP contribution in [0.15, 0.2) is 6.07 Å². The Morgan fingerprint density at radius 1 is 0.697 bits per heavy atom. The molecule has 1 nitrogen and oxygen atoms in total. The molecule has 0 saturated heterocycles. The minimum absolute atomic E-state index is 0.179. The molecule has 1 rings (SSSR count). The Kier molecular flexibility index (Phi) is 19.1. The lowest BCUT2D eigenvalue weighted by molar-refractivity contribution is 0.0926. The number of aryl methyl sites for hydroxylation is 2. The van der Waals surface area contributed by atoms with E-state index in [4.69, 9.17) is 0 Å². The Bertz CT molecular complexity index is 588. The summed E-state index contributed by atoms with van der Waals surface area (Å²) in [7, 11) is 0. The fraction of sp³-hybridized carbons (Fsp3) is 0.839. The quantitative estimate of drug-likeness (QED) is 0.113. The van der Waals surface area contributed by atoms with Crippen molar-refractivity contribution in [2.45, 2.75) is 163 Å². The van der Waals surface area contributed by atoms with Crippen molar-refractivity contribution in [3.8, 4) is 0 Å². The number of carbonyl (C=O) groups excluding carboxylic acids is 1. The first kappa shape index (κ1) is 30.4. The maximum atomic E-state index is 12.9. The Balaban J connectivity index is 2.14. The predicted molar refractivity (Wildman–Crippen MR) is 150 cm³/mol. The van der Waals surface area contributed by atoms with Gasteiger partial charge in [-0.05, 0) is 37.8 Å². The lowest BCUT2D eigenvalue weighted by Crippen LogP contribution is -2.09. The maximum Gasteiger partial charge on any atom is 0.175 e. The first-order chi connectivity index (χ1) is 16.1. The van der Waals surface area contributed by atoms with E-state index < -0.39 is 0 Å². The van der Waals surface area contributed by atoms with Crippen molar-refractivity contribution < 1.29 is 4.79 Å². The van der Waals surface area contributed by atoms with Gasteiger partial charge in [0.2, 0.25) is 0 Å². The third-order valence-corrected chi connectivity index (χ3v) is 8.52. The number of ketones is 1. The first-order valence-electron chi connectivity index (χ1n) is 14.7. The zero-order valence-corrected chi connectivity index (χ0v) is 23.6. The van der Waals surface area contributed by atoms with Crippen molar-refractivity contribution >= 4 is 17.1 Å². The Hall–Kier alpha value is -0.630. The molecule has 1 aromatic heterocycles. The van der Waals surface area contributed by atoms with Crippen LogP contribution in [0.2, 0.25) is 0 Å². The molecule has 0 spiro atoms. The van der Waals surface area contributed by atoms with Crippen LogP contribution in [0.1, 0.15) is 169 Å². The van der Waals surface area contributed by atoms with Crippen LogP contribution in [0.4, 0.5) is 0 Å². The number of carbonyl (C=O) groups is 1. The van der Waals surface area contributed by atoms with Gasteiger partial charge in [0.15, 0.2) is 5.78 Å². The highest BCUT2D eigenvalue weighted by molar-refractivity contribution is 7.14. The summed E-state index contributed by atoms with van der Waals surface area (Å²) in [5, 5.41) is 0. The van der Waals surface area contributed by atoms with Crippen LogP contribution in [0.3, 0.4) is 0 Å². The van der Waals surface area contributed by atoms with Crippen LogP contribution in [0, 0.1) is 12.8 Å². The zero-order chi connectivity index (χ0) is 24.2. The summed E-state index contributed by atoms with van der Waals surface area (Å²) in [4.78, 5) is 15.4. The van der Waals surface area contributed by atoms with E-state index in [1.165, 1.54) is 132 Å². The normalized spacial score (nSPS) is 12.4. The van der Waals surface area contributed by atoms with Gasteiger partial charge in [-0.25, -0.2) is 0 Å². The molecule has 1 heterocycles. The van der Waals surface area contributed by atoms with Gasteiger partial charge in [0.25, 0.3) is 0 Å². The number of unbranched alkanes of at least 4 members (excludes halogenated alkanes) is 17. The largest absolute Gasteiger partial charge is 0.293 e. The van der Waals surface area contributed by atoms with Gasteiger partial charge in [-0.2, -0.15) is 0 Å². The van der Waals surface area contributed by atoms with E-state index in [1.807, 2.05) is 0 Å². The minimum atomic E-state index is 0.179. The molecule has 1 unspecified atom stereocenters. The monoisotopic (exact) mass is 476 g/mol. The first-order valence-corrected chi connectivity index (χ1v) is 15.5. The number of Topliss-reactive ketones (excluding diaryl/α,β-unsaturated/α-hetero) is 1. The van der Waals surface area contributed by atoms with Gasteiger partial charge in [-0.1, -0.05) is 136 Å². The predicted octanol–water partition coefficient (Wildman–Crippen LogP) is 11.3. The summed E-state index contributed by atoms with van der Waals surface area (Å²) >= 11 is 1.78. The van der Waals surface area contributed by atoms with E-state index in [9.17, 15) is 4.79 Å². The summed E-state index contributed by atoms with van der Waals surface area (Å²) in [5.74, 6) is 0.564. The van der Waals surface area contributed by atoms with Crippen molar-refractivity contribution in [3.63, 3.8) is 0 Å². The maximum absolute atomic E-state index is 12.9. The number of hydrogen-bond donors (Lipinski definition) is 0. The molecule has 1 aromatic rings. The second-order valence-corrected chi connectivity index (χ2v) is 11.7. The average molecular weight is 477 g/mol. The zero-order valence-electron chi connectivity index (χ0n) is 22.8. The highest BCUT2D eigenvalue weighted by atomic mass is 32.1. The molecule has 0 N–H and O–H groups in total. The summed E-state index contributed by atoms with van der Waals surface area (Å²) in [6.07, 6.45) is 28.2. The van der Waals surface area contributed by atoms with Crippen LogP contribution >= 0.6 is 11.3 Å². The van der Waals surface area contributed by atoms with Crippen LogP contribution in [0.25, 0.3) is 0 Å². The van der Waals surface area contributed by atoms with Crippen molar-refractivity contribution in [3.05, 3.63) is 21.4 Å². The smallest absolute Gasteiger partial charge is 0.175 e. The van der Waals surface area contributed by atoms with Crippen molar-refractivity contribution in [2.24, 2.45) is 5.92 Å². The van der Waals surface area contributed by atoms with Gasteiger partial charge in [0.05, 0.1) is 4.88 Å². The van der Waals surface area contributed by atoms with E-state index in [-0.39, 0.29) is 5.92 Å². The molecule has 0 aliphatic carbocycles. The molecule has 33 heavy (non-hydrogen) atoms. The summed E-state index contributed by atoms with van der Waals surface area (Å²) < 4.78 is 0. The third-order valence-electron chi connectivity index (χ3n) is 7.21. The molecule has 0 aliphatic rings. The average Bonchev–Trinajstić information content (AvgIpc) is 3.18. The Labute approximate surface area is 211 Å². The molecule has 0 aromatic carbocycles. The van der Waals surface area contributed by atoms with E-state index in [0.29, 0.717) is 5.78 Å². The van der Waals surface area contributed by atoms with Crippen molar-refractivity contribution in [2.75, 3.05) is 0 Å². The van der Waals surface area contributed by atoms with Gasteiger partial charge in [-0.3, -0.25) is 4.79 Å². The van der Waals surface area contributed by atoms with E-state index in [2.05, 4.69) is 33.8 Å². The molecule has 0 fully saturated rings. The molecule has 0 amide bonds. The van der Waals surface area contributed by atoms with Crippen LogP contribution in [0.5, 0.6) is 0 Å². The van der Waals surface area contributed by atoms with Crippen LogP contribution in [-0.4, -0.2) is 5.78 Å². The third kappa shape index (κ3) is 15.1. The molecule has 0 bridgehead atoms. The Morgan fingerprint density at radius 3 is 1.61 bits per heavy atom. The van der Waals surface area contributed by atoms with Gasteiger partial charge in [-0.15, -0.1) is 11.3 Å². The molecular weight excluding hydrogens is 420 g/mol. The summed E-state index contributed by atoms with van der Waals surface area (Å²) in [6, 6.07) is 2.17. The van der Waals surface area contributed by atoms with Crippen LogP contribution in [-0.2, 0) is 6.42 Å². The fourth-order valence-electron chi connectivity index (χ4n) is 4.80. The van der Waals surface area contributed by atoms with Crippen molar-refractivity contribution in [1.82, 2.24) is 0 Å². The topological polar surface area (TPSA) is 17.1 Å². The number of thiophene rings is 1. The van der Waals surface area contributed by atoms with E-state index in [0.717, 1.165) is 17.7 Å². The summed E-state index contributed by atoms with van der Waals surface area (Å²) in [5.41, 5.74) is 1.34. The molecule has 0 radical (unpaired) electrons.